The Labute approximate surface area is 91.5 Å². The fraction of sp³-hybridized carbons (Fsp3) is 0.500. The molecule has 2 rings (SSSR count). The Bertz CT molecular complexity index is 366. The summed E-state index contributed by atoms with van der Waals surface area (Å²) in [6.45, 7) is 1.64. The van der Waals surface area contributed by atoms with Crippen LogP contribution in [0.5, 0.6) is 0 Å². The van der Waals surface area contributed by atoms with Crippen molar-refractivity contribution in [3.63, 3.8) is 0 Å². The number of hydrogen-bond donors (Lipinski definition) is 0. The van der Waals surface area contributed by atoms with E-state index in [9.17, 15) is 4.79 Å². The maximum Gasteiger partial charge on any atom is 0.159 e. The first-order valence-electron chi connectivity index (χ1n) is 5.90. The number of hydrogen-bond acceptors (Lipinski definition) is 1. The third-order valence-electron chi connectivity index (χ3n) is 3.26. The normalized spacial score (nSPS) is 16.3. The van der Waals surface area contributed by atoms with Crippen molar-refractivity contribution in [3.05, 3.63) is 34.9 Å². The van der Waals surface area contributed by atoms with Gasteiger partial charge in [-0.15, -0.1) is 0 Å². The minimum atomic E-state index is 0.180. The van der Waals surface area contributed by atoms with Gasteiger partial charge in [0, 0.05) is 5.56 Å². The molecule has 0 fully saturated rings. The zero-order valence-electron chi connectivity index (χ0n) is 9.38. The van der Waals surface area contributed by atoms with Gasteiger partial charge in [-0.3, -0.25) is 4.79 Å². The lowest BCUT2D eigenvalue weighted by molar-refractivity contribution is 0.101. The molecule has 0 atom stereocenters. The molecule has 1 heteroatoms. The first-order valence-corrected chi connectivity index (χ1v) is 5.90. The molecule has 0 amide bonds. The Morgan fingerprint density at radius 1 is 1.00 bits per heavy atom. The maximum absolute atomic E-state index is 11.3. The van der Waals surface area contributed by atoms with E-state index in [1.54, 1.807) is 6.92 Å². The summed E-state index contributed by atoms with van der Waals surface area (Å²) in [5.74, 6) is 0.180. The van der Waals surface area contributed by atoms with Gasteiger partial charge in [0.1, 0.15) is 0 Å². The molecule has 0 saturated carbocycles. The molecule has 0 N–H and O–H groups in total. The van der Waals surface area contributed by atoms with Gasteiger partial charge in [-0.1, -0.05) is 25.0 Å². The Morgan fingerprint density at radius 3 is 2.33 bits per heavy atom. The fourth-order valence-corrected chi connectivity index (χ4v) is 2.31. The van der Waals surface area contributed by atoms with Gasteiger partial charge >= 0.3 is 0 Å². The van der Waals surface area contributed by atoms with Crippen LogP contribution in [0.2, 0.25) is 0 Å². The van der Waals surface area contributed by atoms with Crippen LogP contribution in [0, 0.1) is 0 Å². The summed E-state index contributed by atoms with van der Waals surface area (Å²) in [5, 5.41) is 0. The SMILES string of the molecule is CC(=O)c1ccc2c(c1)CCCCCC2. The van der Waals surface area contributed by atoms with Crippen LogP contribution in [0.3, 0.4) is 0 Å². The first kappa shape index (κ1) is 10.4. The van der Waals surface area contributed by atoms with E-state index in [2.05, 4.69) is 12.1 Å². The van der Waals surface area contributed by atoms with E-state index in [1.165, 1.54) is 43.2 Å². The molecule has 0 radical (unpaired) electrons. The van der Waals surface area contributed by atoms with E-state index in [0.29, 0.717) is 0 Å². The highest BCUT2D eigenvalue weighted by Crippen LogP contribution is 2.21. The Morgan fingerprint density at radius 2 is 1.67 bits per heavy atom. The van der Waals surface area contributed by atoms with Crippen LogP contribution in [0.1, 0.15) is 54.1 Å². The fourth-order valence-electron chi connectivity index (χ4n) is 2.31. The van der Waals surface area contributed by atoms with E-state index in [0.717, 1.165) is 12.0 Å². The van der Waals surface area contributed by atoms with Gasteiger partial charge in [0.15, 0.2) is 5.78 Å². The van der Waals surface area contributed by atoms with Gasteiger partial charge in [0.25, 0.3) is 0 Å². The summed E-state index contributed by atoms with van der Waals surface area (Å²) in [7, 11) is 0. The number of aryl methyl sites for hydroxylation is 2. The topological polar surface area (TPSA) is 17.1 Å². The molecular weight excluding hydrogens is 184 g/mol. The van der Waals surface area contributed by atoms with E-state index >= 15 is 0 Å². The van der Waals surface area contributed by atoms with Gasteiger partial charge in [0.05, 0.1) is 0 Å². The average molecular weight is 202 g/mol. The number of carbonyl (C=O) groups excluding carboxylic acids is 1. The molecule has 0 spiro atoms. The number of rotatable bonds is 1. The standard InChI is InChI=1S/C14H18O/c1-11(15)13-9-8-12-6-4-2-3-5-7-14(12)10-13/h8-10H,2-7H2,1H3. The molecule has 0 bridgehead atoms. The predicted octanol–water partition coefficient (Wildman–Crippen LogP) is 3.55. The van der Waals surface area contributed by atoms with Crippen molar-refractivity contribution in [1.82, 2.24) is 0 Å². The molecule has 0 aromatic heterocycles. The molecule has 0 unspecified atom stereocenters. The van der Waals surface area contributed by atoms with Crippen molar-refractivity contribution < 1.29 is 4.79 Å². The third-order valence-corrected chi connectivity index (χ3v) is 3.26. The monoisotopic (exact) mass is 202 g/mol. The van der Waals surface area contributed by atoms with Crippen LogP contribution >= 0.6 is 0 Å². The highest BCUT2D eigenvalue weighted by Gasteiger charge is 2.08. The lowest BCUT2D eigenvalue weighted by Crippen LogP contribution is -2.02. The second-order valence-electron chi connectivity index (χ2n) is 4.45. The Hall–Kier alpha value is -1.11. The zero-order valence-corrected chi connectivity index (χ0v) is 9.38. The second-order valence-corrected chi connectivity index (χ2v) is 4.45. The minimum Gasteiger partial charge on any atom is -0.295 e. The molecule has 1 nitrogen and oxygen atoms in total. The summed E-state index contributed by atoms with van der Waals surface area (Å²) >= 11 is 0. The maximum atomic E-state index is 11.3. The van der Waals surface area contributed by atoms with E-state index in [-0.39, 0.29) is 5.78 Å². The number of Topliss-reactive ketones (excluding diaryl/α,β-unsaturated/α-hetero) is 1. The van der Waals surface area contributed by atoms with Gasteiger partial charge in [0.2, 0.25) is 0 Å². The molecule has 80 valence electrons. The van der Waals surface area contributed by atoms with Gasteiger partial charge in [-0.05, 0) is 49.8 Å². The van der Waals surface area contributed by atoms with Crippen LogP contribution < -0.4 is 0 Å². The van der Waals surface area contributed by atoms with Crippen molar-refractivity contribution >= 4 is 5.78 Å². The van der Waals surface area contributed by atoms with Gasteiger partial charge in [-0.25, -0.2) is 0 Å². The van der Waals surface area contributed by atoms with Gasteiger partial charge in [-0.2, -0.15) is 0 Å². The quantitative estimate of drug-likeness (QED) is 0.636. The molecule has 1 aliphatic rings. The summed E-state index contributed by atoms with van der Waals surface area (Å²) < 4.78 is 0. The van der Waals surface area contributed by atoms with Crippen molar-refractivity contribution in [2.45, 2.75) is 45.4 Å². The van der Waals surface area contributed by atoms with Crippen molar-refractivity contribution in [3.8, 4) is 0 Å². The van der Waals surface area contributed by atoms with Crippen molar-refractivity contribution in [2.24, 2.45) is 0 Å². The minimum absolute atomic E-state index is 0.180. The first-order chi connectivity index (χ1) is 7.27. The van der Waals surface area contributed by atoms with Crippen LogP contribution in [0.25, 0.3) is 0 Å². The van der Waals surface area contributed by atoms with Crippen LogP contribution in [-0.2, 0) is 12.8 Å². The Balaban J connectivity index is 2.31. The summed E-state index contributed by atoms with van der Waals surface area (Å²) in [6.07, 6.45) is 7.60. The Kier molecular flexibility index (Phi) is 3.20. The largest absolute Gasteiger partial charge is 0.295 e. The predicted molar refractivity (Wildman–Crippen MR) is 62.3 cm³/mol. The summed E-state index contributed by atoms with van der Waals surface area (Å²) in [5.41, 5.74) is 3.73. The van der Waals surface area contributed by atoms with E-state index in [1.807, 2.05) is 6.07 Å². The van der Waals surface area contributed by atoms with Crippen LogP contribution in [0.4, 0.5) is 0 Å². The number of carbonyl (C=O) groups is 1. The molecule has 1 aliphatic carbocycles. The summed E-state index contributed by atoms with van der Waals surface area (Å²) in [4.78, 5) is 11.3. The molecule has 0 heterocycles. The third kappa shape index (κ3) is 2.47. The lowest BCUT2D eigenvalue weighted by atomic mass is 9.91. The van der Waals surface area contributed by atoms with Crippen LogP contribution in [-0.4, -0.2) is 5.78 Å². The van der Waals surface area contributed by atoms with E-state index < -0.39 is 0 Å². The molecule has 1 aromatic carbocycles. The lowest BCUT2D eigenvalue weighted by Gasteiger charge is -2.14. The van der Waals surface area contributed by atoms with Crippen molar-refractivity contribution in [1.29, 1.82) is 0 Å². The zero-order chi connectivity index (χ0) is 10.7. The molecule has 15 heavy (non-hydrogen) atoms. The molecule has 0 aliphatic heterocycles. The van der Waals surface area contributed by atoms with Gasteiger partial charge < -0.3 is 0 Å². The molecule has 1 aromatic rings. The molecule has 0 saturated heterocycles. The number of ketones is 1. The second kappa shape index (κ2) is 4.61. The smallest absolute Gasteiger partial charge is 0.159 e. The molecular formula is C14H18O. The summed E-state index contributed by atoms with van der Waals surface area (Å²) in [6, 6.07) is 6.23. The number of fused-ring (bicyclic) bond motifs is 1. The highest BCUT2D eigenvalue weighted by molar-refractivity contribution is 5.94. The van der Waals surface area contributed by atoms with E-state index in [4.69, 9.17) is 0 Å². The van der Waals surface area contributed by atoms with Crippen LogP contribution in [0.15, 0.2) is 18.2 Å². The van der Waals surface area contributed by atoms with Crippen molar-refractivity contribution in [2.75, 3.05) is 0 Å². The average Bonchev–Trinajstić information content (AvgIpc) is 2.18. The highest BCUT2D eigenvalue weighted by atomic mass is 16.1. The number of benzene rings is 1.